The van der Waals surface area contributed by atoms with Crippen molar-refractivity contribution in [2.24, 2.45) is 0 Å². The molecule has 0 bridgehead atoms. The SMILES string of the molecule is CCOc1ccc(S(=O)(=O)N(CC(=O)N(Cc2cccc(Cl)c2)[C@@H](C)C(=O)NC(C)(C)C)c2ccc(F)cc2)cc1. The molecule has 0 radical (unpaired) electrons. The van der Waals surface area contributed by atoms with Crippen LogP contribution in [0.4, 0.5) is 10.1 Å². The number of carbonyl (C=O) groups excluding carboxylic acids is 2. The van der Waals surface area contributed by atoms with E-state index in [0.717, 1.165) is 16.4 Å². The van der Waals surface area contributed by atoms with E-state index in [-0.39, 0.29) is 17.1 Å². The number of hydrogen-bond acceptors (Lipinski definition) is 5. The first-order chi connectivity index (χ1) is 19.2. The van der Waals surface area contributed by atoms with E-state index in [1.807, 2.05) is 27.7 Å². The molecule has 0 aromatic heterocycles. The van der Waals surface area contributed by atoms with E-state index in [2.05, 4.69) is 5.32 Å². The van der Waals surface area contributed by atoms with Gasteiger partial charge in [-0.15, -0.1) is 0 Å². The van der Waals surface area contributed by atoms with Gasteiger partial charge < -0.3 is 15.0 Å². The minimum Gasteiger partial charge on any atom is -0.494 e. The van der Waals surface area contributed by atoms with Crippen LogP contribution in [-0.2, 0) is 26.2 Å². The van der Waals surface area contributed by atoms with Gasteiger partial charge >= 0.3 is 0 Å². The number of hydrogen-bond donors (Lipinski definition) is 1. The first-order valence-corrected chi connectivity index (χ1v) is 14.9. The first-order valence-electron chi connectivity index (χ1n) is 13.1. The Bertz CT molecular complexity index is 1460. The molecule has 11 heteroatoms. The standard InChI is InChI=1S/C30H35ClFN3O5S/c1-6-40-26-14-16-27(17-15-26)41(38,39)35(25-12-10-24(32)11-13-25)20-28(36)34(19-22-8-7-9-23(31)18-22)21(2)29(37)33-30(3,4)5/h7-18,21H,6,19-20H2,1-5H3,(H,33,37)/t21-/m0/s1. The lowest BCUT2D eigenvalue weighted by Crippen LogP contribution is -2.54. The van der Waals surface area contributed by atoms with E-state index in [1.165, 1.54) is 41.3 Å². The van der Waals surface area contributed by atoms with Gasteiger partial charge in [0.15, 0.2) is 0 Å². The Morgan fingerprint density at radius 1 is 1.02 bits per heavy atom. The molecule has 0 saturated heterocycles. The number of amides is 2. The fourth-order valence-corrected chi connectivity index (χ4v) is 5.65. The summed E-state index contributed by atoms with van der Waals surface area (Å²) in [7, 11) is -4.30. The molecule has 0 aliphatic heterocycles. The third-order valence-corrected chi connectivity index (χ3v) is 8.05. The van der Waals surface area contributed by atoms with Gasteiger partial charge in [0, 0.05) is 17.1 Å². The van der Waals surface area contributed by atoms with Crippen LogP contribution in [0.1, 0.15) is 40.2 Å². The van der Waals surface area contributed by atoms with E-state index >= 15 is 0 Å². The Morgan fingerprint density at radius 2 is 1.66 bits per heavy atom. The zero-order valence-electron chi connectivity index (χ0n) is 23.7. The number of carbonyl (C=O) groups is 2. The van der Waals surface area contributed by atoms with Crippen molar-refractivity contribution in [3.8, 4) is 5.75 Å². The third kappa shape index (κ3) is 8.68. The summed E-state index contributed by atoms with van der Waals surface area (Å²) in [4.78, 5) is 28.3. The Balaban J connectivity index is 2.03. The average Bonchev–Trinajstić information content (AvgIpc) is 2.90. The molecule has 1 atom stereocenters. The van der Waals surface area contributed by atoms with Crippen LogP contribution >= 0.6 is 11.6 Å². The second-order valence-electron chi connectivity index (χ2n) is 10.5. The summed E-state index contributed by atoms with van der Waals surface area (Å²) < 4.78 is 47.8. The molecule has 0 heterocycles. The molecule has 0 aliphatic carbocycles. The maximum absolute atomic E-state index is 13.9. The lowest BCUT2D eigenvalue weighted by Gasteiger charge is -2.33. The zero-order valence-corrected chi connectivity index (χ0v) is 25.3. The van der Waals surface area contributed by atoms with Gasteiger partial charge in [-0.1, -0.05) is 23.7 Å². The highest BCUT2D eigenvalue weighted by molar-refractivity contribution is 7.92. The summed E-state index contributed by atoms with van der Waals surface area (Å²) in [5, 5.41) is 3.32. The quantitative estimate of drug-likeness (QED) is 0.316. The molecule has 220 valence electrons. The van der Waals surface area contributed by atoms with Crippen molar-refractivity contribution in [2.75, 3.05) is 17.5 Å². The summed E-state index contributed by atoms with van der Waals surface area (Å²) >= 11 is 6.16. The predicted octanol–water partition coefficient (Wildman–Crippen LogP) is 5.41. The Morgan fingerprint density at radius 3 is 2.22 bits per heavy atom. The number of sulfonamides is 1. The second kappa shape index (κ2) is 13.4. The van der Waals surface area contributed by atoms with E-state index in [9.17, 15) is 22.4 Å². The lowest BCUT2D eigenvalue weighted by atomic mass is 10.1. The van der Waals surface area contributed by atoms with Gasteiger partial charge in [-0.05, 0) is 101 Å². The Hall–Kier alpha value is -3.63. The van der Waals surface area contributed by atoms with Crippen molar-refractivity contribution in [3.05, 3.63) is 89.2 Å². The fraction of sp³-hybridized carbons (Fsp3) is 0.333. The highest BCUT2D eigenvalue weighted by atomic mass is 35.5. The van der Waals surface area contributed by atoms with Crippen molar-refractivity contribution in [1.29, 1.82) is 0 Å². The number of ether oxygens (including phenoxy) is 1. The summed E-state index contributed by atoms with van der Waals surface area (Å²) in [6, 6.07) is 16.5. The van der Waals surface area contributed by atoms with Crippen LogP contribution in [0.15, 0.2) is 77.7 Å². The van der Waals surface area contributed by atoms with Gasteiger partial charge in [0.2, 0.25) is 11.8 Å². The molecule has 41 heavy (non-hydrogen) atoms. The summed E-state index contributed by atoms with van der Waals surface area (Å²) in [6.07, 6.45) is 0. The van der Waals surface area contributed by atoms with Gasteiger partial charge in [-0.2, -0.15) is 0 Å². The molecule has 0 saturated carbocycles. The molecule has 0 spiro atoms. The third-order valence-electron chi connectivity index (χ3n) is 6.02. The smallest absolute Gasteiger partial charge is 0.264 e. The van der Waals surface area contributed by atoms with E-state index < -0.39 is 45.8 Å². The van der Waals surface area contributed by atoms with Crippen LogP contribution in [0.3, 0.4) is 0 Å². The monoisotopic (exact) mass is 603 g/mol. The van der Waals surface area contributed by atoms with Gasteiger partial charge in [0.1, 0.15) is 24.2 Å². The van der Waals surface area contributed by atoms with E-state index in [4.69, 9.17) is 16.3 Å². The average molecular weight is 604 g/mol. The molecular formula is C30H35ClFN3O5S. The molecule has 3 aromatic carbocycles. The van der Waals surface area contributed by atoms with Crippen molar-refractivity contribution in [2.45, 2.75) is 57.6 Å². The van der Waals surface area contributed by atoms with Crippen molar-refractivity contribution < 1.29 is 27.1 Å². The second-order valence-corrected chi connectivity index (χ2v) is 12.8. The van der Waals surface area contributed by atoms with Crippen LogP contribution < -0.4 is 14.4 Å². The van der Waals surface area contributed by atoms with Crippen molar-refractivity contribution in [1.82, 2.24) is 10.2 Å². The van der Waals surface area contributed by atoms with Gasteiger partial charge in [0.05, 0.1) is 17.2 Å². The summed E-state index contributed by atoms with van der Waals surface area (Å²) in [5.41, 5.74) is 0.180. The van der Waals surface area contributed by atoms with Crippen LogP contribution in [0, 0.1) is 5.82 Å². The Kier molecular flexibility index (Phi) is 10.4. The number of rotatable bonds is 11. The van der Waals surface area contributed by atoms with Crippen LogP contribution in [0.2, 0.25) is 5.02 Å². The highest BCUT2D eigenvalue weighted by Crippen LogP contribution is 2.26. The largest absolute Gasteiger partial charge is 0.494 e. The topological polar surface area (TPSA) is 96.0 Å². The highest BCUT2D eigenvalue weighted by Gasteiger charge is 2.33. The number of benzene rings is 3. The van der Waals surface area contributed by atoms with Gasteiger partial charge in [-0.3, -0.25) is 13.9 Å². The maximum atomic E-state index is 13.9. The van der Waals surface area contributed by atoms with Crippen LogP contribution in [-0.4, -0.2) is 49.9 Å². The summed E-state index contributed by atoms with van der Waals surface area (Å²) in [5.74, 6) is -1.12. The minimum absolute atomic E-state index is 0.00151. The van der Waals surface area contributed by atoms with Gasteiger partial charge in [0.25, 0.3) is 10.0 Å². The number of anilines is 1. The molecule has 3 rings (SSSR count). The van der Waals surface area contributed by atoms with Crippen LogP contribution in [0.25, 0.3) is 0 Å². The normalized spacial score (nSPS) is 12.4. The van der Waals surface area contributed by atoms with Gasteiger partial charge in [-0.25, -0.2) is 12.8 Å². The maximum Gasteiger partial charge on any atom is 0.264 e. The summed E-state index contributed by atoms with van der Waals surface area (Å²) in [6.45, 7) is 8.61. The number of nitrogens with one attached hydrogen (secondary N) is 1. The Labute approximate surface area is 246 Å². The molecule has 0 aliphatic rings. The minimum atomic E-state index is -4.30. The molecule has 0 fully saturated rings. The molecule has 2 amide bonds. The molecule has 8 nitrogen and oxygen atoms in total. The molecule has 0 unspecified atom stereocenters. The lowest BCUT2D eigenvalue weighted by molar-refractivity contribution is -0.140. The molecule has 3 aromatic rings. The van der Waals surface area contributed by atoms with E-state index in [0.29, 0.717) is 22.9 Å². The van der Waals surface area contributed by atoms with Crippen molar-refractivity contribution in [3.63, 3.8) is 0 Å². The van der Waals surface area contributed by atoms with Crippen LogP contribution in [0.5, 0.6) is 5.75 Å². The molecular weight excluding hydrogens is 569 g/mol. The molecule has 1 N–H and O–H groups in total. The predicted molar refractivity (Wildman–Crippen MR) is 158 cm³/mol. The zero-order chi connectivity index (χ0) is 30.4. The fourth-order valence-electron chi connectivity index (χ4n) is 4.03. The number of halogens is 2. The number of nitrogens with zero attached hydrogens (tertiary/aromatic N) is 2. The first kappa shape index (κ1) is 31.9. The van der Waals surface area contributed by atoms with E-state index in [1.54, 1.807) is 31.2 Å². The van der Waals surface area contributed by atoms with Crippen molar-refractivity contribution >= 4 is 39.1 Å².